The summed E-state index contributed by atoms with van der Waals surface area (Å²) in [7, 11) is 0. The van der Waals surface area contributed by atoms with Gasteiger partial charge in [0, 0.05) is 0 Å². The first-order chi connectivity index (χ1) is 5.20. The van der Waals surface area contributed by atoms with Gasteiger partial charge in [-0.25, -0.2) is 0 Å². The molecule has 0 heterocycles. The topological polar surface area (TPSA) is 196 Å². The predicted octanol–water partition coefficient (Wildman–Crippen LogP) is -2.01. The minimum absolute atomic E-state index is 0. The van der Waals surface area contributed by atoms with Gasteiger partial charge in [0.25, 0.3) is 5.09 Å². The summed E-state index contributed by atoms with van der Waals surface area (Å²) in [6.45, 7) is 0. The van der Waals surface area contributed by atoms with Crippen molar-refractivity contribution >= 4 is 24.4 Å². The monoisotopic (exact) mass is 311 g/mol. The summed E-state index contributed by atoms with van der Waals surface area (Å²) in [6, 6.07) is 0. The third kappa shape index (κ3) is 295. The molecule has 0 aliphatic rings. The van der Waals surface area contributed by atoms with Gasteiger partial charge in [-0.05, 0) is 0 Å². The first-order valence-corrected chi connectivity index (χ1v) is 1.66. The van der Waals surface area contributed by atoms with Gasteiger partial charge in [-0.15, -0.1) is 10.1 Å². The van der Waals surface area contributed by atoms with Crippen molar-refractivity contribution in [3.05, 3.63) is 40.8 Å². The summed E-state index contributed by atoms with van der Waals surface area (Å²) in [6.07, 6.45) is 0. The van der Waals surface area contributed by atoms with Crippen LogP contribution in [-0.2, 0) is 0 Å². The molecule has 0 amide bonds. The Balaban J connectivity index is -0.0000000450. The molecular weight excluding hydrogens is 308 g/mol. The van der Waals surface area contributed by atoms with Crippen molar-refractivity contribution in [1.29, 1.82) is 0 Å². The third-order valence-electron chi connectivity index (χ3n) is 0. The van der Waals surface area contributed by atoms with E-state index < -0.39 is 15.3 Å². The standard InChI is InChI=1S/HNO3.2NO3.Sb.3H/c3*2-1(3)4;;;;/h(H,2,3,4);;;;;;/q;2*-1;;;;. The van der Waals surface area contributed by atoms with E-state index in [0.29, 0.717) is 0 Å². The Bertz CT molecular complexity index is 112. The molecule has 13 heavy (non-hydrogen) atoms. The first kappa shape index (κ1) is 22.5. The van der Waals surface area contributed by atoms with Crippen molar-refractivity contribution in [2.24, 2.45) is 0 Å². The van der Waals surface area contributed by atoms with Crippen molar-refractivity contribution in [2.75, 3.05) is 0 Å². The summed E-state index contributed by atoms with van der Waals surface area (Å²) in [4.78, 5) is 24.9. The number of hydrogen-bond donors (Lipinski definition) is 1. The van der Waals surface area contributed by atoms with E-state index in [1.54, 1.807) is 0 Å². The van der Waals surface area contributed by atoms with Crippen LogP contribution in [0.25, 0.3) is 0 Å². The molecular formula is H4N3O9Sb-2. The molecule has 0 radical (unpaired) electrons. The molecule has 80 valence electrons. The molecule has 0 aliphatic heterocycles. The van der Waals surface area contributed by atoms with Gasteiger partial charge in [0.2, 0.25) is 0 Å². The van der Waals surface area contributed by atoms with Crippen LogP contribution in [0.1, 0.15) is 0 Å². The third-order valence-corrected chi connectivity index (χ3v) is 0. The predicted molar refractivity (Wildman–Crippen MR) is 39.4 cm³/mol. The Hall–Kier alpha value is -1.58. The molecule has 12 nitrogen and oxygen atoms in total. The van der Waals surface area contributed by atoms with Crippen LogP contribution < -0.4 is 0 Å². The zero-order valence-corrected chi connectivity index (χ0v) is 9.80. The normalized spacial score (nSPS) is 5.54. The van der Waals surface area contributed by atoms with Crippen LogP contribution >= 0.6 is 0 Å². The van der Waals surface area contributed by atoms with Crippen molar-refractivity contribution in [2.45, 2.75) is 0 Å². The summed E-state index contributed by atoms with van der Waals surface area (Å²) in [5, 5.41) is 43.1. The molecule has 0 aromatic heterocycles. The molecule has 1 N–H and O–H groups in total. The van der Waals surface area contributed by atoms with Crippen molar-refractivity contribution in [3.8, 4) is 0 Å². The Morgan fingerprint density at radius 2 is 0.769 bits per heavy atom. The maximum absolute atomic E-state index is 8.36. The molecule has 0 aromatic carbocycles. The van der Waals surface area contributed by atoms with E-state index in [4.69, 9.17) is 46.0 Å². The Labute approximate surface area is 86.2 Å². The van der Waals surface area contributed by atoms with E-state index in [2.05, 4.69) is 0 Å². The second-order valence-electron chi connectivity index (χ2n) is 0.685. The van der Waals surface area contributed by atoms with Crippen LogP contribution in [0.15, 0.2) is 0 Å². The van der Waals surface area contributed by atoms with Crippen LogP contribution in [0.5, 0.6) is 0 Å². The summed E-state index contributed by atoms with van der Waals surface area (Å²) in [5.74, 6) is 0. The minimum atomic E-state index is -1.75. The zero-order valence-electron chi connectivity index (χ0n) is 5.76. The molecule has 0 unspecified atom stereocenters. The molecule has 0 rings (SSSR count). The molecule has 0 bridgehead atoms. The van der Waals surface area contributed by atoms with E-state index in [9.17, 15) is 0 Å². The van der Waals surface area contributed by atoms with Gasteiger partial charge < -0.3 is 35.9 Å². The molecule has 0 aliphatic carbocycles. The van der Waals surface area contributed by atoms with Crippen LogP contribution in [0.3, 0.4) is 0 Å². The second kappa shape index (κ2) is 16.8. The average molecular weight is 312 g/mol. The number of hydrogen-bond acceptors (Lipinski definition) is 8. The molecule has 0 atom stereocenters. The zero-order chi connectivity index (χ0) is 10.7. The van der Waals surface area contributed by atoms with Gasteiger partial charge in [-0.2, -0.15) is 0 Å². The number of rotatable bonds is 0. The second-order valence-corrected chi connectivity index (χ2v) is 0.685. The molecule has 0 spiro atoms. The van der Waals surface area contributed by atoms with Crippen molar-refractivity contribution in [1.82, 2.24) is 0 Å². The molecule has 0 saturated heterocycles. The van der Waals surface area contributed by atoms with Gasteiger partial charge in [-0.3, -0.25) is 0 Å². The molecule has 13 heteroatoms. The van der Waals surface area contributed by atoms with Gasteiger partial charge in [0.15, 0.2) is 0 Å². The average Bonchev–Trinajstić information content (AvgIpc) is 1.54. The fraction of sp³-hybridized carbons (Fsp3) is 0. The van der Waals surface area contributed by atoms with Crippen molar-refractivity contribution < 1.29 is 20.5 Å². The van der Waals surface area contributed by atoms with Crippen LogP contribution in [0.4, 0.5) is 0 Å². The van der Waals surface area contributed by atoms with E-state index in [0.717, 1.165) is 0 Å². The van der Waals surface area contributed by atoms with Gasteiger partial charge in [0.05, 0.1) is 10.2 Å². The van der Waals surface area contributed by atoms with Crippen LogP contribution in [0.2, 0.25) is 0 Å². The summed E-state index contributed by atoms with van der Waals surface area (Å²) < 4.78 is 0. The first-order valence-electron chi connectivity index (χ1n) is 1.66. The fourth-order valence-electron chi connectivity index (χ4n) is 0. The molecule has 0 fully saturated rings. The van der Waals surface area contributed by atoms with Crippen LogP contribution in [0, 0.1) is 40.8 Å². The SMILES string of the molecule is O=[N+]([O-])O.O=[N+]([O-])[O-].O=[N+]([O-])[O-].[SbH3]. The Morgan fingerprint density at radius 1 is 0.769 bits per heavy atom. The van der Waals surface area contributed by atoms with Gasteiger partial charge in [-0.1, -0.05) is 0 Å². The fourth-order valence-corrected chi connectivity index (χ4v) is 0. The molecule has 0 saturated carbocycles. The molecule has 0 aromatic rings. The summed E-state index contributed by atoms with van der Waals surface area (Å²) in [5.41, 5.74) is 0. The van der Waals surface area contributed by atoms with Gasteiger partial charge >= 0.3 is 24.4 Å². The van der Waals surface area contributed by atoms with Gasteiger partial charge in [0.1, 0.15) is 0 Å². The van der Waals surface area contributed by atoms with E-state index in [1.165, 1.54) is 0 Å². The van der Waals surface area contributed by atoms with Crippen molar-refractivity contribution in [3.63, 3.8) is 0 Å². The Kier molecular flexibility index (Phi) is 29.1. The van der Waals surface area contributed by atoms with E-state index in [1.807, 2.05) is 0 Å². The van der Waals surface area contributed by atoms with E-state index in [-0.39, 0.29) is 24.4 Å². The van der Waals surface area contributed by atoms with Crippen LogP contribution in [-0.4, -0.2) is 44.9 Å². The summed E-state index contributed by atoms with van der Waals surface area (Å²) >= 11 is 0. The number of nitrogens with zero attached hydrogens (tertiary/aromatic N) is 3. The Morgan fingerprint density at radius 3 is 0.769 bits per heavy atom. The quantitative estimate of drug-likeness (QED) is 0.298. The van der Waals surface area contributed by atoms with E-state index >= 15 is 0 Å². The maximum atomic E-state index is 8.36.